The van der Waals surface area contributed by atoms with Crippen molar-refractivity contribution in [3.05, 3.63) is 70.8 Å². The van der Waals surface area contributed by atoms with E-state index in [1.807, 2.05) is 6.92 Å². The quantitative estimate of drug-likeness (QED) is 0.585. The third kappa shape index (κ3) is 4.85. The molecule has 1 atom stereocenters. The molecule has 0 heterocycles. The molecule has 0 fully saturated rings. The third-order valence-corrected chi connectivity index (χ3v) is 4.30. The Kier molecular flexibility index (Phi) is 5.51. The van der Waals surface area contributed by atoms with Gasteiger partial charge in [0.25, 0.3) is 0 Å². The molecule has 0 nitrogen and oxygen atoms in total. The minimum atomic E-state index is -4.28. The van der Waals surface area contributed by atoms with Crippen LogP contribution in [0.1, 0.15) is 61.3 Å². The summed E-state index contributed by atoms with van der Waals surface area (Å²) in [6.45, 7) is 6.30. The van der Waals surface area contributed by atoms with E-state index in [0.29, 0.717) is 5.92 Å². The summed E-state index contributed by atoms with van der Waals surface area (Å²) in [5.41, 5.74) is 2.72. The van der Waals surface area contributed by atoms with Crippen LogP contribution in [0, 0.1) is 0 Å². The number of benzene rings is 2. The van der Waals surface area contributed by atoms with Crippen molar-refractivity contribution in [1.82, 2.24) is 0 Å². The fraction of sp³-hybridized carbons (Fsp3) is 0.400. The molecule has 0 aliphatic rings. The van der Waals surface area contributed by atoms with Crippen LogP contribution in [-0.4, -0.2) is 0 Å². The van der Waals surface area contributed by atoms with E-state index in [4.69, 9.17) is 0 Å². The minimum absolute atomic E-state index is 0.0991. The summed E-state index contributed by atoms with van der Waals surface area (Å²) in [7, 11) is 0. The molecule has 0 bridgehead atoms. The van der Waals surface area contributed by atoms with Crippen LogP contribution < -0.4 is 0 Å². The Morgan fingerprint density at radius 1 is 0.870 bits per heavy atom. The van der Waals surface area contributed by atoms with Gasteiger partial charge < -0.3 is 0 Å². The lowest BCUT2D eigenvalue weighted by Gasteiger charge is -2.15. The first-order valence-corrected chi connectivity index (χ1v) is 8.03. The van der Waals surface area contributed by atoms with Gasteiger partial charge >= 0.3 is 6.18 Å². The molecule has 0 saturated carbocycles. The van der Waals surface area contributed by atoms with Gasteiger partial charge in [0.2, 0.25) is 0 Å². The Morgan fingerprint density at radius 3 is 2.09 bits per heavy atom. The van der Waals surface area contributed by atoms with E-state index in [2.05, 4.69) is 38.1 Å². The van der Waals surface area contributed by atoms with E-state index in [1.165, 1.54) is 23.3 Å². The Bertz CT molecular complexity index is 624. The highest BCUT2D eigenvalue weighted by Gasteiger charge is 2.30. The molecule has 23 heavy (non-hydrogen) atoms. The van der Waals surface area contributed by atoms with Gasteiger partial charge in [0.05, 0.1) is 5.56 Å². The molecule has 0 radical (unpaired) electrons. The topological polar surface area (TPSA) is 0 Å². The van der Waals surface area contributed by atoms with Crippen molar-refractivity contribution >= 4 is 0 Å². The first-order valence-electron chi connectivity index (χ1n) is 8.03. The molecule has 1 unspecified atom stereocenters. The summed E-state index contributed by atoms with van der Waals surface area (Å²) in [6, 6.07) is 14.2. The van der Waals surface area contributed by atoms with Crippen LogP contribution in [0.3, 0.4) is 0 Å². The second-order valence-electron chi connectivity index (χ2n) is 6.46. The lowest BCUT2D eigenvalue weighted by Crippen LogP contribution is -2.06. The maximum absolute atomic E-state index is 12.8. The summed E-state index contributed by atoms with van der Waals surface area (Å²) < 4.78 is 38.4. The molecule has 0 saturated heterocycles. The maximum Gasteiger partial charge on any atom is 0.416 e. The molecule has 124 valence electrons. The molecule has 2 aromatic rings. The zero-order valence-electron chi connectivity index (χ0n) is 13.8. The summed E-state index contributed by atoms with van der Waals surface area (Å²) >= 11 is 0. The average Bonchev–Trinajstić information content (AvgIpc) is 2.52. The van der Waals surface area contributed by atoms with E-state index in [0.717, 1.165) is 24.5 Å². The van der Waals surface area contributed by atoms with Crippen LogP contribution in [0.2, 0.25) is 0 Å². The standard InChI is InChI=1S/C20H23F3/c1-14(2)17-11-9-16(10-12-17)8-7-15(3)18-5-4-6-19(13-18)20(21,22)23/h4-6,9-15H,7-8H2,1-3H3. The van der Waals surface area contributed by atoms with Gasteiger partial charge in [-0.15, -0.1) is 0 Å². The number of rotatable bonds is 5. The van der Waals surface area contributed by atoms with Crippen LogP contribution >= 0.6 is 0 Å². The van der Waals surface area contributed by atoms with E-state index >= 15 is 0 Å². The van der Waals surface area contributed by atoms with E-state index in [9.17, 15) is 13.2 Å². The Hall–Kier alpha value is -1.77. The highest BCUT2D eigenvalue weighted by molar-refractivity contribution is 5.29. The number of hydrogen-bond acceptors (Lipinski definition) is 0. The van der Waals surface area contributed by atoms with Gasteiger partial charge in [0.1, 0.15) is 0 Å². The molecule has 2 rings (SSSR count). The molecule has 0 spiro atoms. The summed E-state index contributed by atoms with van der Waals surface area (Å²) in [5, 5.41) is 0. The Balaban J connectivity index is 2.00. The van der Waals surface area contributed by atoms with Crippen molar-refractivity contribution in [3.8, 4) is 0 Å². The highest BCUT2D eigenvalue weighted by atomic mass is 19.4. The molecule has 0 amide bonds. The van der Waals surface area contributed by atoms with Crippen molar-refractivity contribution in [2.24, 2.45) is 0 Å². The van der Waals surface area contributed by atoms with Crippen molar-refractivity contribution in [2.45, 2.75) is 51.6 Å². The zero-order chi connectivity index (χ0) is 17.0. The summed E-state index contributed by atoms with van der Waals surface area (Å²) in [6.07, 6.45) is -2.57. The Labute approximate surface area is 136 Å². The third-order valence-electron chi connectivity index (χ3n) is 4.30. The molecular formula is C20H23F3. The SMILES string of the molecule is CC(C)c1ccc(CCC(C)c2cccc(C(F)(F)F)c2)cc1. The van der Waals surface area contributed by atoms with Gasteiger partial charge in [0, 0.05) is 0 Å². The molecule has 0 aliphatic heterocycles. The minimum Gasteiger partial charge on any atom is -0.166 e. The highest BCUT2D eigenvalue weighted by Crippen LogP contribution is 2.32. The molecule has 2 aromatic carbocycles. The van der Waals surface area contributed by atoms with Gasteiger partial charge in [-0.05, 0) is 47.4 Å². The van der Waals surface area contributed by atoms with Gasteiger partial charge in [0.15, 0.2) is 0 Å². The van der Waals surface area contributed by atoms with Crippen LogP contribution in [0.4, 0.5) is 13.2 Å². The van der Waals surface area contributed by atoms with Crippen LogP contribution in [0.25, 0.3) is 0 Å². The van der Waals surface area contributed by atoms with Gasteiger partial charge in [-0.2, -0.15) is 13.2 Å². The molecule has 0 N–H and O–H groups in total. The second kappa shape index (κ2) is 7.20. The summed E-state index contributed by atoms with van der Waals surface area (Å²) in [5.74, 6) is 0.607. The van der Waals surface area contributed by atoms with Crippen molar-refractivity contribution in [3.63, 3.8) is 0 Å². The smallest absolute Gasteiger partial charge is 0.166 e. The largest absolute Gasteiger partial charge is 0.416 e. The van der Waals surface area contributed by atoms with Crippen LogP contribution in [0.5, 0.6) is 0 Å². The molecule has 3 heteroatoms. The number of hydrogen-bond donors (Lipinski definition) is 0. The summed E-state index contributed by atoms with van der Waals surface area (Å²) in [4.78, 5) is 0. The lowest BCUT2D eigenvalue weighted by molar-refractivity contribution is -0.137. The molecule has 0 aromatic heterocycles. The molecule has 0 aliphatic carbocycles. The second-order valence-corrected chi connectivity index (χ2v) is 6.46. The first kappa shape index (κ1) is 17.6. The number of halogens is 3. The average molecular weight is 320 g/mol. The van der Waals surface area contributed by atoms with Gasteiger partial charge in [-0.3, -0.25) is 0 Å². The van der Waals surface area contributed by atoms with E-state index < -0.39 is 11.7 Å². The van der Waals surface area contributed by atoms with Crippen LogP contribution in [-0.2, 0) is 12.6 Å². The maximum atomic E-state index is 12.8. The molecular weight excluding hydrogens is 297 g/mol. The Morgan fingerprint density at radius 2 is 1.52 bits per heavy atom. The fourth-order valence-electron chi connectivity index (χ4n) is 2.64. The predicted octanol–water partition coefficient (Wildman–Crippen LogP) is 6.57. The normalized spacial score (nSPS) is 13.3. The number of aryl methyl sites for hydroxylation is 1. The monoisotopic (exact) mass is 320 g/mol. The van der Waals surface area contributed by atoms with Gasteiger partial charge in [-0.1, -0.05) is 63.2 Å². The van der Waals surface area contributed by atoms with E-state index in [1.54, 1.807) is 6.07 Å². The predicted molar refractivity (Wildman–Crippen MR) is 88.7 cm³/mol. The first-order chi connectivity index (χ1) is 10.8. The van der Waals surface area contributed by atoms with Crippen molar-refractivity contribution < 1.29 is 13.2 Å². The van der Waals surface area contributed by atoms with Gasteiger partial charge in [-0.25, -0.2) is 0 Å². The zero-order valence-corrected chi connectivity index (χ0v) is 13.8. The van der Waals surface area contributed by atoms with Crippen molar-refractivity contribution in [1.29, 1.82) is 0 Å². The lowest BCUT2D eigenvalue weighted by atomic mass is 9.92. The van der Waals surface area contributed by atoms with Crippen LogP contribution in [0.15, 0.2) is 48.5 Å². The van der Waals surface area contributed by atoms with Crippen molar-refractivity contribution in [2.75, 3.05) is 0 Å². The number of alkyl halides is 3. The van der Waals surface area contributed by atoms with E-state index in [-0.39, 0.29) is 5.92 Å². The fourth-order valence-corrected chi connectivity index (χ4v) is 2.64.